The molecule has 0 heterocycles. The van der Waals surface area contributed by atoms with Crippen LogP contribution in [0.3, 0.4) is 0 Å². The first kappa shape index (κ1) is 16.8. The number of anilines is 2. The largest absolute Gasteiger partial charge is 0.497 e. The molecule has 0 unspecified atom stereocenters. The molecular formula is C17H17ClN2O3. The summed E-state index contributed by atoms with van der Waals surface area (Å²) in [4.78, 5) is 23.8. The van der Waals surface area contributed by atoms with Crippen molar-refractivity contribution in [3.05, 3.63) is 53.1 Å². The Hall–Kier alpha value is -2.53. The van der Waals surface area contributed by atoms with Gasteiger partial charge in [-0.15, -0.1) is 0 Å². The first-order chi connectivity index (χ1) is 11.0. The first-order valence-electron chi connectivity index (χ1n) is 6.98. The van der Waals surface area contributed by atoms with Gasteiger partial charge in [0.05, 0.1) is 7.11 Å². The Morgan fingerprint density at radius 1 is 1.04 bits per heavy atom. The number of carbonyl (C=O) groups excluding carboxylic acids is 2. The van der Waals surface area contributed by atoms with Crippen LogP contribution in [-0.2, 0) is 9.59 Å². The second kappa shape index (κ2) is 7.65. The number of amides is 2. The molecule has 0 spiro atoms. The number of benzene rings is 2. The van der Waals surface area contributed by atoms with Crippen molar-refractivity contribution in [3.8, 4) is 5.75 Å². The minimum Gasteiger partial charge on any atom is -0.497 e. The molecule has 0 saturated heterocycles. The summed E-state index contributed by atoms with van der Waals surface area (Å²) in [5.74, 6) is -0.106. The van der Waals surface area contributed by atoms with Gasteiger partial charge in [0.15, 0.2) is 0 Å². The second-order valence-electron chi connectivity index (χ2n) is 4.91. The molecule has 0 aliphatic carbocycles. The van der Waals surface area contributed by atoms with Gasteiger partial charge in [0.2, 0.25) is 11.8 Å². The minimum absolute atomic E-state index is 0.280. The van der Waals surface area contributed by atoms with E-state index < -0.39 is 11.8 Å². The Morgan fingerprint density at radius 2 is 1.70 bits per heavy atom. The van der Waals surface area contributed by atoms with Crippen LogP contribution in [0.5, 0.6) is 5.75 Å². The van der Waals surface area contributed by atoms with Crippen LogP contribution >= 0.6 is 11.6 Å². The van der Waals surface area contributed by atoms with Crippen LogP contribution in [0, 0.1) is 6.92 Å². The minimum atomic E-state index is -0.402. The summed E-state index contributed by atoms with van der Waals surface area (Å²) in [5.41, 5.74) is 1.96. The van der Waals surface area contributed by atoms with E-state index in [1.54, 1.807) is 56.5 Å². The van der Waals surface area contributed by atoms with Gasteiger partial charge in [0, 0.05) is 16.4 Å². The van der Waals surface area contributed by atoms with Crippen LogP contribution in [0.2, 0.25) is 5.02 Å². The van der Waals surface area contributed by atoms with Crippen molar-refractivity contribution in [1.29, 1.82) is 0 Å². The Balaban J connectivity index is 1.91. The highest BCUT2D eigenvalue weighted by Crippen LogP contribution is 2.23. The fraction of sp³-hybridized carbons (Fsp3) is 0.176. The van der Waals surface area contributed by atoms with Crippen molar-refractivity contribution in [1.82, 2.24) is 0 Å². The average Bonchev–Trinajstić information content (AvgIpc) is 2.52. The molecule has 0 saturated carbocycles. The average molecular weight is 333 g/mol. The maximum Gasteiger partial charge on any atom is 0.233 e. The zero-order valence-electron chi connectivity index (χ0n) is 12.9. The van der Waals surface area contributed by atoms with E-state index in [9.17, 15) is 9.59 Å². The van der Waals surface area contributed by atoms with Gasteiger partial charge >= 0.3 is 0 Å². The molecule has 120 valence electrons. The SMILES string of the molecule is COc1ccc(NC(=O)CC(=O)Nc2cccc(Cl)c2C)cc1. The lowest BCUT2D eigenvalue weighted by molar-refractivity contribution is -0.123. The number of nitrogens with one attached hydrogen (secondary N) is 2. The molecule has 0 atom stereocenters. The number of rotatable bonds is 5. The Morgan fingerprint density at radius 3 is 2.35 bits per heavy atom. The molecule has 2 rings (SSSR count). The highest BCUT2D eigenvalue weighted by Gasteiger charge is 2.12. The summed E-state index contributed by atoms with van der Waals surface area (Å²) in [6.45, 7) is 1.80. The van der Waals surface area contributed by atoms with E-state index >= 15 is 0 Å². The number of ether oxygens (including phenoxy) is 1. The molecule has 23 heavy (non-hydrogen) atoms. The number of hydrogen-bond acceptors (Lipinski definition) is 3. The van der Waals surface area contributed by atoms with Crippen molar-refractivity contribution >= 4 is 34.8 Å². The summed E-state index contributed by atoms with van der Waals surface area (Å²) in [7, 11) is 1.57. The summed E-state index contributed by atoms with van der Waals surface area (Å²) in [6, 6.07) is 12.1. The monoisotopic (exact) mass is 332 g/mol. The van der Waals surface area contributed by atoms with Crippen molar-refractivity contribution < 1.29 is 14.3 Å². The van der Waals surface area contributed by atoms with Crippen molar-refractivity contribution in [2.75, 3.05) is 17.7 Å². The Kier molecular flexibility index (Phi) is 5.60. The maximum atomic E-state index is 11.9. The zero-order valence-corrected chi connectivity index (χ0v) is 13.6. The van der Waals surface area contributed by atoms with Crippen LogP contribution in [-0.4, -0.2) is 18.9 Å². The first-order valence-corrected chi connectivity index (χ1v) is 7.36. The van der Waals surface area contributed by atoms with E-state index in [2.05, 4.69) is 10.6 Å². The van der Waals surface area contributed by atoms with Crippen LogP contribution in [0.1, 0.15) is 12.0 Å². The van der Waals surface area contributed by atoms with Crippen LogP contribution in [0.4, 0.5) is 11.4 Å². The van der Waals surface area contributed by atoms with E-state index in [-0.39, 0.29) is 6.42 Å². The molecule has 0 radical (unpaired) electrons. The third-order valence-corrected chi connectivity index (χ3v) is 3.65. The number of carbonyl (C=O) groups is 2. The number of methoxy groups -OCH3 is 1. The summed E-state index contributed by atoms with van der Waals surface area (Å²) < 4.78 is 5.04. The van der Waals surface area contributed by atoms with Crippen molar-refractivity contribution in [2.24, 2.45) is 0 Å². The molecule has 2 aromatic carbocycles. The van der Waals surface area contributed by atoms with Gasteiger partial charge < -0.3 is 15.4 Å². The zero-order chi connectivity index (χ0) is 16.8. The lowest BCUT2D eigenvalue weighted by Crippen LogP contribution is -2.21. The molecule has 0 aromatic heterocycles. The highest BCUT2D eigenvalue weighted by molar-refractivity contribution is 6.31. The van der Waals surface area contributed by atoms with Crippen LogP contribution in [0.15, 0.2) is 42.5 Å². The highest BCUT2D eigenvalue weighted by atomic mass is 35.5. The topological polar surface area (TPSA) is 67.4 Å². The van der Waals surface area contributed by atoms with Crippen LogP contribution in [0.25, 0.3) is 0 Å². The van der Waals surface area contributed by atoms with Gasteiger partial charge in [-0.25, -0.2) is 0 Å². The lowest BCUT2D eigenvalue weighted by atomic mass is 10.2. The number of hydrogen-bond donors (Lipinski definition) is 2. The van der Waals surface area contributed by atoms with E-state index in [0.717, 1.165) is 5.56 Å². The Labute approximate surface area is 139 Å². The predicted octanol–water partition coefficient (Wildman–Crippen LogP) is 3.62. The van der Waals surface area contributed by atoms with Gasteiger partial charge in [0.1, 0.15) is 12.2 Å². The van der Waals surface area contributed by atoms with E-state index in [1.165, 1.54) is 0 Å². The summed E-state index contributed by atoms with van der Waals surface area (Å²) in [6.07, 6.45) is -0.280. The molecule has 2 aromatic rings. The summed E-state index contributed by atoms with van der Waals surface area (Å²) in [5, 5.41) is 5.90. The van der Waals surface area contributed by atoms with E-state index in [1.807, 2.05) is 0 Å². The van der Waals surface area contributed by atoms with Gasteiger partial charge in [-0.3, -0.25) is 9.59 Å². The smallest absolute Gasteiger partial charge is 0.233 e. The number of halogens is 1. The molecule has 0 bridgehead atoms. The third-order valence-electron chi connectivity index (χ3n) is 3.24. The molecule has 2 amide bonds. The molecular weight excluding hydrogens is 316 g/mol. The fourth-order valence-electron chi connectivity index (χ4n) is 1.96. The normalized spacial score (nSPS) is 10.0. The standard InChI is InChI=1S/C17H17ClN2O3/c1-11-14(18)4-3-5-15(11)20-17(22)10-16(21)19-12-6-8-13(23-2)9-7-12/h3-9H,10H2,1-2H3,(H,19,21)(H,20,22). The van der Waals surface area contributed by atoms with Gasteiger partial charge in [-0.05, 0) is 48.9 Å². The molecule has 2 N–H and O–H groups in total. The van der Waals surface area contributed by atoms with Gasteiger partial charge in [-0.1, -0.05) is 17.7 Å². The van der Waals surface area contributed by atoms with Crippen molar-refractivity contribution in [2.45, 2.75) is 13.3 Å². The quantitative estimate of drug-likeness (QED) is 0.822. The fourth-order valence-corrected chi connectivity index (χ4v) is 2.14. The summed E-state index contributed by atoms with van der Waals surface area (Å²) >= 11 is 5.99. The molecule has 5 nitrogen and oxygen atoms in total. The second-order valence-corrected chi connectivity index (χ2v) is 5.32. The Bertz CT molecular complexity index is 714. The lowest BCUT2D eigenvalue weighted by Gasteiger charge is -2.10. The predicted molar refractivity (Wildman–Crippen MR) is 91.1 cm³/mol. The molecule has 0 aliphatic heterocycles. The molecule has 0 aliphatic rings. The molecule has 6 heteroatoms. The third kappa shape index (κ3) is 4.72. The van der Waals surface area contributed by atoms with E-state index in [0.29, 0.717) is 22.1 Å². The van der Waals surface area contributed by atoms with Gasteiger partial charge in [-0.2, -0.15) is 0 Å². The molecule has 0 fully saturated rings. The van der Waals surface area contributed by atoms with Crippen LogP contribution < -0.4 is 15.4 Å². The van der Waals surface area contributed by atoms with E-state index in [4.69, 9.17) is 16.3 Å². The van der Waals surface area contributed by atoms with Gasteiger partial charge in [0.25, 0.3) is 0 Å². The maximum absolute atomic E-state index is 11.9. The van der Waals surface area contributed by atoms with Crippen molar-refractivity contribution in [3.63, 3.8) is 0 Å².